The Bertz CT molecular complexity index is 2400. The second-order valence-corrected chi connectivity index (χ2v) is 17.9. The number of nitrogens with zero attached hydrogens (tertiary/aromatic N) is 2. The zero-order chi connectivity index (χ0) is 51.4. The highest BCUT2D eigenvalue weighted by Gasteiger charge is 2.46. The molecule has 3 heterocycles. The number of nitrogens with two attached hydrogens (primary N) is 4. The normalized spacial score (nSPS) is 19.8. The Hall–Kier alpha value is -7.31. The molecule has 24 nitrogen and oxygen atoms in total. The molecule has 9 amide bonds. The number of aliphatic hydroxyl groups excluding tert-OH is 1. The van der Waals surface area contributed by atoms with Crippen molar-refractivity contribution in [1.82, 2.24) is 52.4 Å². The standard InChI is InChI=1S/C46H66N14O10/c1-5-23(3)38(49)45(69)54-31(17-36(47)62)42(66)52-32(18-37(48)63)43(67)56-39(24(4)6-2)46(70)59-20-26(33-21-60(58-57-33)27-11-7-8-12-27)16-35(59)44(68)53-30(41(65)55-34(22-61)40(50)64)15-25-19-51-29-14-10-9-13-28(25)29/h7,9-14,19,21,23-24,26,30-32,34-35,38-39,51,57-58,61H,5-6,8,15-18,20,22,49H2,1-4H3,(H2,47,62)(H2,48,63)(H2,50,64)(H,52,66)(H,53,68)(H,54,69)(H,55,65)(H,56,67)/t23-,24-,26?,30-,31-,32-,34-,35-,38-,39-/m0/s1. The van der Waals surface area contributed by atoms with Crippen molar-refractivity contribution < 1.29 is 48.3 Å². The van der Waals surface area contributed by atoms with Gasteiger partial charge in [0.05, 0.1) is 36.9 Å². The SMILES string of the molecule is CC[C@H](C)[C@H](N)C(=O)N[C@@H](CC(N)=O)C(=O)N[C@@H](CC(N)=O)C(=O)N[C@H](C(=O)N1CC(C2=CN(C3=CCC=C3)NN2)C[C@H]1C(=O)N[C@@H](Cc1c[nH]c2ccccc12)C(=O)N[C@@H](CO)C(N)=O)[C@@H](C)CC. The van der Waals surface area contributed by atoms with Crippen molar-refractivity contribution in [1.29, 1.82) is 0 Å². The first-order valence-electron chi connectivity index (χ1n) is 23.2. The van der Waals surface area contributed by atoms with Gasteiger partial charge in [-0.05, 0) is 42.4 Å². The number of hydrogen-bond donors (Lipinski definition) is 13. The fourth-order valence-electron chi connectivity index (χ4n) is 8.32. The van der Waals surface area contributed by atoms with E-state index in [4.69, 9.17) is 22.9 Å². The number of aromatic nitrogens is 1. The zero-order valence-corrected chi connectivity index (χ0v) is 39.7. The molecule has 1 saturated heterocycles. The van der Waals surface area contributed by atoms with Gasteiger partial charge in [-0.2, -0.15) is 0 Å². The van der Waals surface area contributed by atoms with Gasteiger partial charge >= 0.3 is 0 Å². The number of rotatable bonds is 25. The number of allylic oxidation sites excluding steroid dienone is 3. The minimum absolute atomic E-state index is 0.0258. The maximum Gasteiger partial charge on any atom is 0.246 e. The molecule has 0 spiro atoms. The number of aromatic amines is 1. The van der Waals surface area contributed by atoms with Crippen LogP contribution in [0.1, 0.15) is 71.8 Å². The lowest BCUT2D eigenvalue weighted by Gasteiger charge is -2.33. The Balaban J connectivity index is 1.46. The summed E-state index contributed by atoms with van der Waals surface area (Å²) in [5.41, 5.74) is 31.4. The molecule has 1 fully saturated rings. The van der Waals surface area contributed by atoms with E-state index >= 15 is 4.79 Å². The van der Waals surface area contributed by atoms with Crippen LogP contribution in [0.4, 0.5) is 0 Å². The Morgan fingerprint density at radius 1 is 0.800 bits per heavy atom. The van der Waals surface area contributed by atoms with Gasteiger partial charge in [0.1, 0.15) is 36.3 Å². The van der Waals surface area contributed by atoms with E-state index in [2.05, 4.69) is 42.5 Å². The number of primary amides is 3. The van der Waals surface area contributed by atoms with Crippen LogP contribution in [0.2, 0.25) is 0 Å². The van der Waals surface area contributed by atoms with E-state index in [1.54, 1.807) is 44.2 Å². The molecule has 1 unspecified atom stereocenters. The molecule has 380 valence electrons. The first-order valence-corrected chi connectivity index (χ1v) is 23.2. The Kier molecular flexibility index (Phi) is 18.6. The highest BCUT2D eigenvalue weighted by molar-refractivity contribution is 6.00. The number of carbonyl (C=O) groups excluding carboxylic acids is 9. The lowest BCUT2D eigenvalue weighted by molar-refractivity contribution is -0.144. The lowest BCUT2D eigenvalue weighted by Crippen LogP contribution is -2.61. The second kappa shape index (κ2) is 24.3. The number of likely N-dealkylation sites (tertiary alicyclic amines) is 1. The van der Waals surface area contributed by atoms with Crippen molar-refractivity contribution in [2.24, 2.45) is 40.7 Å². The molecule has 24 heteroatoms. The summed E-state index contributed by atoms with van der Waals surface area (Å²) >= 11 is 0. The van der Waals surface area contributed by atoms with Gasteiger partial charge in [0.15, 0.2) is 0 Å². The lowest BCUT2D eigenvalue weighted by atomic mass is 9.96. The first-order chi connectivity index (χ1) is 33.3. The Morgan fingerprint density at radius 3 is 2.01 bits per heavy atom. The molecule has 1 aromatic heterocycles. The summed E-state index contributed by atoms with van der Waals surface area (Å²) in [6.07, 6.45) is 9.38. The van der Waals surface area contributed by atoms with E-state index in [1.165, 1.54) is 4.90 Å². The maximum absolute atomic E-state index is 15.1. The number of nitrogens with one attached hydrogen (secondary N) is 8. The monoisotopic (exact) mass is 975 g/mol. The number of hydrogen-bond acceptors (Lipinski definition) is 14. The quantitative estimate of drug-likeness (QED) is 0.0472. The van der Waals surface area contributed by atoms with Crippen LogP contribution in [-0.4, -0.2) is 129 Å². The molecule has 1 aliphatic carbocycles. The van der Waals surface area contributed by atoms with Gasteiger partial charge in [-0.3, -0.25) is 48.2 Å². The van der Waals surface area contributed by atoms with Crippen LogP contribution in [-0.2, 0) is 49.6 Å². The van der Waals surface area contributed by atoms with Crippen LogP contribution in [0.25, 0.3) is 10.9 Å². The summed E-state index contributed by atoms with van der Waals surface area (Å²) in [7, 11) is 0. The second-order valence-electron chi connectivity index (χ2n) is 17.9. The van der Waals surface area contributed by atoms with Crippen LogP contribution in [0.3, 0.4) is 0 Å². The third kappa shape index (κ3) is 13.5. The average Bonchev–Trinajstić information content (AvgIpc) is 4.18. The van der Waals surface area contributed by atoms with Gasteiger partial charge in [-0.1, -0.05) is 70.9 Å². The predicted octanol–water partition coefficient (Wildman–Crippen LogP) is -2.99. The molecule has 0 saturated carbocycles. The number of benzene rings is 1. The average molecular weight is 975 g/mol. The Labute approximate surface area is 404 Å². The van der Waals surface area contributed by atoms with Crippen LogP contribution >= 0.6 is 0 Å². The molecule has 17 N–H and O–H groups in total. The van der Waals surface area contributed by atoms with Crippen LogP contribution in [0.15, 0.2) is 66.3 Å². The van der Waals surface area contributed by atoms with Gasteiger partial charge in [0.2, 0.25) is 53.2 Å². The topological polar surface area (TPSA) is 384 Å². The van der Waals surface area contributed by atoms with E-state index in [0.29, 0.717) is 24.1 Å². The van der Waals surface area contributed by atoms with E-state index in [-0.39, 0.29) is 25.3 Å². The maximum atomic E-state index is 15.1. The van der Waals surface area contributed by atoms with E-state index in [9.17, 15) is 43.5 Å². The molecule has 10 atom stereocenters. The summed E-state index contributed by atoms with van der Waals surface area (Å²) < 4.78 is 0. The number of amides is 9. The van der Waals surface area contributed by atoms with Gasteiger partial charge < -0.3 is 69.9 Å². The Morgan fingerprint density at radius 2 is 1.41 bits per heavy atom. The summed E-state index contributed by atoms with van der Waals surface area (Å²) in [6, 6.07) is -2.61. The minimum atomic E-state index is -1.72. The fourth-order valence-corrected chi connectivity index (χ4v) is 8.32. The van der Waals surface area contributed by atoms with Gasteiger partial charge in [0.25, 0.3) is 0 Å². The molecule has 2 aliphatic heterocycles. The van der Waals surface area contributed by atoms with Crippen molar-refractivity contribution in [2.75, 3.05) is 13.2 Å². The molecule has 1 aromatic carbocycles. The van der Waals surface area contributed by atoms with Crippen LogP contribution < -0.4 is 60.5 Å². The highest BCUT2D eigenvalue weighted by atomic mass is 16.3. The molecule has 2 aromatic rings. The third-order valence-electron chi connectivity index (χ3n) is 12.9. The van der Waals surface area contributed by atoms with E-state index < -0.39 is 127 Å². The van der Waals surface area contributed by atoms with Crippen molar-refractivity contribution in [3.8, 4) is 0 Å². The van der Waals surface area contributed by atoms with Gasteiger partial charge in [0, 0.05) is 42.2 Å². The van der Waals surface area contributed by atoms with Crippen LogP contribution in [0, 0.1) is 17.8 Å². The summed E-state index contributed by atoms with van der Waals surface area (Å²) in [6.45, 7) is 6.09. The van der Waals surface area contributed by atoms with Gasteiger partial charge in [-0.15, -0.1) is 5.53 Å². The number of H-pyrrole nitrogens is 1. The number of para-hydroxylation sites is 1. The van der Waals surface area contributed by atoms with Crippen molar-refractivity contribution in [3.05, 3.63) is 71.8 Å². The molecule has 0 radical (unpaired) electrons. The number of aliphatic hydroxyl groups is 1. The van der Waals surface area contributed by atoms with Crippen LogP contribution in [0.5, 0.6) is 0 Å². The highest BCUT2D eigenvalue weighted by Crippen LogP contribution is 2.32. The fraction of sp³-hybridized carbons (Fsp3) is 0.500. The summed E-state index contributed by atoms with van der Waals surface area (Å²) in [4.78, 5) is 126. The first kappa shape index (κ1) is 53.6. The zero-order valence-electron chi connectivity index (χ0n) is 39.7. The smallest absolute Gasteiger partial charge is 0.246 e. The minimum Gasteiger partial charge on any atom is -0.394 e. The molecule has 70 heavy (non-hydrogen) atoms. The molecular weight excluding hydrogens is 909 g/mol. The molecule has 0 bridgehead atoms. The number of carbonyl (C=O) groups is 9. The van der Waals surface area contributed by atoms with Crippen molar-refractivity contribution in [2.45, 2.75) is 115 Å². The summed E-state index contributed by atoms with van der Waals surface area (Å²) in [5, 5.41) is 25.0. The summed E-state index contributed by atoms with van der Waals surface area (Å²) in [5.74, 6) is -9.61. The molecular formula is C46H66N14O10. The number of hydrazine groups is 2. The van der Waals surface area contributed by atoms with Crippen molar-refractivity contribution >= 4 is 64.1 Å². The van der Waals surface area contributed by atoms with E-state index in [0.717, 1.165) is 23.0 Å². The largest absolute Gasteiger partial charge is 0.394 e. The van der Waals surface area contributed by atoms with Gasteiger partial charge in [-0.25, -0.2) is 0 Å². The van der Waals surface area contributed by atoms with E-state index in [1.807, 2.05) is 43.4 Å². The van der Waals surface area contributed by atoms with Crippen molar-refractivity contribution in [3.63, 3.8) is 0 Å². The predicted molar refractivity (Wildman–Crippen MR) is 254 cm³/mol. The number of fused-ring (bicyclic) bond motifs is 1. The third-order valence-corrected chi connectivity index (χ3v) is 12.9. The molecule has 3 aliphatic rings. The molecule has 5 rings (SSSR count).